The molecule has 1 rings (SSSR count). The molecule has 20 heavy (non-hydrogen) atoms. The van der Waals surface area contributed by atoms with E-state index in [1.165, 1.54) is 0 Å². The van der Waals surface area contributed by atoms with Gasteiger partial charge in [0, 0.05) is 24.2 Å². The Labute approximate surface area is 116 Å². The minimum absolute atomic E-state index is 0.0978. The summed E-state index contributed by atoms with van der Waals surface area (Å²) in [6.45, 7) is 5.92. The second-order valence-corrected chi connectivity index (χ2v) is 5.58. The monoisotopic (exact) mass is 283 g/mol. The molecule has 110 valence electrons. The largest absolute Gasteiger partial charge is 0.348 e. The van der Waals surface area contributed by atoms with Gasteiger partial charge in [0.2, 0.25) is 0 Å². The van der Waals surface area contributed by atoms with E-state index < -0.39 is 22.3 Å². The lowest BCUT2D eigenvalue weighted by molar-refractivity contribution is -0.385. The maximum absolute atomic E-state index is 13.3. The molecule has 0 saturated heterocycles. The Morgan fingerprint density at radius 1 is 1.45 bits per heavy atom. The number of non-ortho nitro benzene ring substituents is 1. The summed E-state index contributed by atoms with van der Waals surface area (Å²) in [5.74, 6) is -1.41. The zero-order chi connectivity index (χ0) is 15.5. The number of carbonyl (C=O) groups excluding carboxylic acids is 1. The van der Waals surface area contributed by atoms with Gasteiger partial charge in [-0.3, -0.25) is 14.9 Å². The van der Waals surface area contributed by atoms with Crippen LogP contribution in [0.2, 0.25) is 0 Å². The van der Waals surface area contributed by atoms with Gasteiger partial charge < -0.3 is 11.1 Å². The van der Waals surface area contributed by atoms with Crippen LogP contribution >= 0.6 is 0 Å². The van der Waals surface area contributed by atoms with E-state index in [0.29, 0.717) is 0 Å². The minimum Gasteiger partial charge on any atom is -0.348 e. The maximum atomic E-state index is 13.3. The van der Waals surface area contributed by atoms with Gasteiger partial charge in [-0.2, -0.15) is 0 Å². The molecule has 1 aromatic carbocycles. The molecule has 0 heterocycles. The van der Waals surface area contributed by atoms with E-state index >= 15 is 0 Å². The number of nitrogens with one attached hydrogen (secondary N) is 1. The normalized spacial score (nSPS) is 12.8. The number of halogens is 1. The first-order valence-electron chi connectivity index (χ1n) is 6.11. The first-order valence-corrected chi connectivity index (χ1v) is 6.11. The summed E-state index contributed by atoms with van der Waals surface area (Å²) in [6, 6.07) is 2.44. The van der Waals surface area contributed by atoms with Crippen molar-refractivity contribution in [3.05, 3.63) is 39.7 Å². The highest BCUT2D eigenvalue weighted by Crippen LogP contribution is 2.20. The smallest absolute Gasteiger partial charge is 0.273 e. The van der Waals surface area contributed by atoms with Crippen LogP contribution in [0.25, 0.3) is 0 Å². The molecule has 0 aliphatic rings. The number of nitrogens with zero attached hydrogens (tertiary/aromatic N) is 1. The molecule has 0 bridgehead atoms. The van der Waals surface area contributed by atoms with E-state index in [0.717, 1.165) is 18.2 Å². The standard InChI is InChI=1S/C13H18FN3O3/c1-13(2,3)11(7-15)16-12(18)8-4-9(14)6-10(5-8)17(19)20/h4-6,11H,7,15H2,1-3H3,(H,16,18). The molecule has 0 aliphatic heterocycles. The molecule has 0 aliphatic carbocycles. The van der Waals surface area contributed by atoms with Gasteiger partial charge >= 0.3 is 0 Å². The quantitative estimate of drug-likeness (QED) is 0.650. The van der Waals surface area contributed by atoms with E-state index in [4.69, 9.17) is 5.73 Å². The van der Waals surface area contributed by atoms with Crippen LogP contribution in [0.5, 0.6) is 0 Å². The molecule has 0 aromatic heterocycles. The van der Waals surface area contributed by atoms with Crippen LogP contribution in [0.3, 0.4) is 0 Å². The van der Waals surface area contributed by atoms with Crippen LogP contribution < -0.4 is 11.1 Å². The van der Waals surface area contributed by atoms with Crippen molar-refractivity contribution in [1.82, 2.24) is 5.32 Å². The van der Waals surface area contributed by atoms with Crippen LogP contribution in [0.15, 0.2) is 18.2 Å². The number of nitrogens with two attached hydrogens (primary N) is 1. The number of hydrogen-bond donors (Lipinski definition) is 2. The van der Waals surface area contributed by atoms with Crippen molar-refractivity contribution < 1.29 is 14.1 Å². The van der Waals surface area contributed by atoms with E-state index in [-0.39, 0.29) is 23.6 Å². The SMILES string of the molecule is CC(C)(C)C(CN)NC(=O)c1cc(F)cc([N+](=O)[O-])c1. The summed E-state index contributed by atoms with van der Waals surface area (Å²) in [4.78, 5) is 21.9. The third kappa shape index (κ3) is 3.99. The van der Waals surface area contributed by atoms with E-state index in [1.807, 2.05) is 20.8 Å². The topological polar surface area (TPSA) is 98.3 Å². The number of nitro groups is 1. The molecular weight excluding hydrogens is 265 g/mol. The fraction of sp³-hybridized carbons (Fsp3) is 0.462. The first kappa shape index (κ1) is 16.0. The lowest BCUT2D eigenvalue weighted by Crippen LogP contribution is -2.48. The summed E-state index contributed by atoms with van der Waals surface area (Å²) in [6.07, 6.45) is 0. The molecule has 0 saturated carbocycles. The summed E-state index contributed by atoms with van der Waals surface area (Å²) in [5.41, 5.74) is 4.76. The van der Waals surface area contributed by atoms with Gasteiger partial charge in [-0.05, 0) is 11.5 Å². The Kier molecular flexibility index (Phi) is 4.78. The van der Waals surface area contributed by atoms with Gasteiger partial charge in [-0.25, -0.2) is 4.39 Å². The molecule has 0 radical (unpaired) electrons. The summed E-state index contributed by atoms with van der Waals surface area (Å²) < 4.78 is 13.3. The van der Waals surface area contributed by atoms with Crippen LogP contribution in [0, 0.1) is 21.3 Å². The lowest BCUT2D eigenvalue weighted by atomic mass is 9.86. The lowest BCUT2D eigenvalue weighted by Gasteiger charge is -2.30. The van der Waals surface area contributed by atoms with Crippen molar-refractivity contribution in [2.24, 2.45) is 11.1 Å². The van der Waals surface area contributed by atoms with Gasteiger partial charge in [0.05, 0.1) is 11.0 Å². The van der Waals surface area contributed by atoms with Gasteiger partial charge in [-0.1, -0.05) is 20.8 Å². The minimum atomic E-state index is -0.829. The van der Waals surface area contributed by atoms with Crippen LogP contribution in [-0.4, -0.2) is 23.4 Å². The predicted molar refractivity (Wildman–Crippen MR) is 72.8 cm³/mol. The molecule has 1 aromatic rings. The molecule has 3 N–H and O–H groups in total. The van der Waals surface area contributed by atoms with Crippen molar-refractivity contribution in [2.75, 3.05) is 6.54 Å². The molecule has 0 spiro atoms. The summed E-state index contributed by atoms with van der Waals surface area (Å²) in [7, 11) is 0. The molecule has 6 nitrogen and oxygen atoms in total. The number of nitro benzene ring substituents is 1. The van der Waals surface area contributed by atoms with Crippen LogP contribution in [0.1, 0.15) is 31.1 Å². The highest BCUT2D eigenvalue weighted by atomic mass is 19.1. The number of hydrogen-bond acceptors (Lipinski definition) is 4. The van der Waals surface area contributed by atoms with Crippen molar-refractivity contribution in [3.63, 3.8) is 0 Å². The van der Waals surface area contributed by atoms with Crippen molar-refractivity contribution in [3.8, 4) is 0 Å². The van der Waals surface area contributed by atoms with Gasteiger partial charge in [0.1, 0.15) is 5.82 Å². The molecule has 1 unspecified atom stereocenters. The Hall–Kier alpha value is -2.02. The molecule has 0 fully saturated rings. The zero-order valence-corrected chi connectivity index (χ0v) is 11.6. The Morgan fingerprint density at radius 2 is 2.05 bits per heavy atom. The predicted octanol–water partition coefficient (Wildman–Crippen LogP) is 1.84. The van der Waals surface area contributed by atoms with Gasteiger partial charge in [-0.15, -0.1) is 0 Å². The average Bonchev–Trinajstić information content (AvgIpc) is 2.33. The number of benzene rings is 1. The Morgan fingerprint density at radius 3 is 2.50 bits per heavy atom. The molecule has 1 atom stereocenters. The second kappa shape index (κ2) is 5.96. The second-order valence-electron chi connectivity index (χ2n) is 5.58. The number of amides is 1. The van der Waals surface area contributed by atoms with Crippen molar-refractivity contribution in [2.45, 2.75) is 26.8 Å². The van der Waals surface area contributed by atoms with E-state index in [2.05, 4.69) is 5.32 Å². The first-order chi connectivity index (χ1) is 9.15. The Bertz CT molecular complexity index is 526. The van der Waals surface area contributed by atoms with Crippen LogP contribution in [-0.2, 0) is 0 Å². The fourth-order valence-corrected chi connectivity index (χ4v) is 1.68. The molecule has 1 amide bonds. The number of carbonyl (C=O) groups is 1. The molecular formula is C13H18FN3O3. The average molecular weight is 283 g/mol. The van der Waals surface area contributed by atoms with Gasteiger partial charge in [0.25, 0.3) is 11.6 Å². The summed E-state index contributed by atoms with van der Waals surface area (Å²) >= 11 is 0. The van der Waals surface area contributed by atoms with Gasteiger partial charge in [0.15, 0.2) is 0 Å². The van der Waals surface area contributed by atoms with E-state index in [9.17, 15) is 19.3 Å². The molecule has 7 heteroatoms. The summed E-state index contributed by atoms with van der Waals surface area (Å²) in [5, 5.41) is 13.3. The number of rotatable bonds is 4. The van der Waals surface area contributed by atoms with Crippen molar-refractivity contribution in [1.29, 1.82) is 0 Å². The third-order valence-electron chi connectivity index (χ3n) is 2.94. The fourth-order valence-electron chi connectivity index (χ4n) is 1.68. The van der Waals surface area contributed by atoms with Crippen molar-refractivity contribution >= 4 is 11.6 Å². The maximum Gasteiger partial charge on any atom is 0.273 e. The Balaban J connectivity index is 3.01. The highest BCUT2D eigenvalue weighted by Gasteiger charge is 2.26. The highest BCUT2D eigenvalue weighted by molar-refractivity contribution is 5.95. The van der Waals surface area contributed by atoms with E-state index in [1.54, 1.807) is 0 Å². The third-order valence-corrected chi connectivity index (χ3v) is 2.94. The van der Waals surface area contributed by atoms with Crippen LogP contribution in [0.4, 0.5) is 10.1 Å². The zero-order valence-electron chi connectivity index (χ0n) is 11.6.